The number of nitrogens with zero attached hydrogens (tertiary/aromatic N) is 2. The molecular formula is C12H18N4O2. The van der Waals surface area contributed by atoms with Crippen molar-refractivity contribution in [2.75, 3.05) is 5.32 Å². The van der Waals surface area contributed by atoms with E-state index < -0.39 is 4.92 Å². The Bertz CT molecular complexity index is 407. The van der Waals surface area contributed by atoms with Crippen molar-refractivity contribution in [1.29, 1.82) is 0 Å². The van der Waals surface area contributed by atoms with Gasteiger partial charge in [0.05, 0.1) is 4.92 Å². The van der Waals surface area contributed by atoms with Gasteiger partial charge >= 0.3 is 0 Å². The van der Waals surface area contributed by atoms with E-state index in [1.807, 2.05) is 0 Å². The largest absolute Gasteiger partial charge is 0.366 e. The van der Waals surface area contributed by atoms with Crippen LogP contribution in [0.4, 0.5) is 11.5 Å². The topological polar surface area (TPSA) is 94.1 Å². The normalized spacial score (nSPS) is 24.3. The number of hydrogen-bond donors (Lipinski definition) is 2. The third kappa shape index (κ3) is 3.16. The quantitative estimate of drug-likeness (QED) is 0.486. The number of nitrogens with two attached hydrogens (primary N) is 1. The third-order valence-corrected chi connectivity index (χ3v) is 3.36. The van der Waals surface area contributed by atoms with Crippen molar-refractivity contribution in [3.8, 4) is 0 Å². The fourth-order valence-corrected chi connectivity index (χ4v) is 2.28. The highest BCUT2D eigenvalue weighted by Crippen LogP contribution is 2.20. The molecule has 3 N–H and O–H groups in total. The minimum Gasteiger partial charge on any atom is -0.366 e. The molecule has 0 amide bonds. The monoisotopic (exact) mass is 250 g/mol. The van der Waals surface area contributed by atoms with Crippen molar-refractivity contribution >= 4 is 11.5 Å². The maximum Gasteiger partial charge on any atom is 0.287 e. The molecule has 1 aromatic heterocycles. The van der Waals surface area contributed by atoms with Crippen molar-refractivity contribution < 1.29 is 4.92 Å². The first-order valence-corrected chi connectivity index (χ1v) is 6.29. The summed E-state index contributed by atoms with van der Waals surface area (Å²) in [5, 5.41) is 13.8. The molecule has 0 aromatic carbocycles. The molecule has 2 unspecified atom stereocenters. The van der Waals surface area contributed by atoms with Crippen molar-refractivity contribution in [1.82, 2.24) is 4.98 Å². The molecule has 1 aliphatic carbocycles. The lowest BCUT2D eigenvalue weighted by Crippen LogP contribution is -2.39. The van der Waals surface area contributed by atoms with Crippen LogP contribution in [0.25, 0.3) is 0 Å². The summed E-state index contributed by atoms with van der Waals surface area (Å²) in [6, 6.07) is 3.43. The van der Waals surface area contributed by atoms with Crippen molar-refractivity contribution in [2.24, 2.45) is 5.73 Å². The molecular weight excluding hydrogens is 232 g/mol. The number of hydrogen-bond acceptors (Lipinski definition) is 5. The van der Waals surface area contributed by atoms with Gasteiger partial charge in [-0.2, -0.15) is 0 Å². The van der Waals surface area contributed by atoms with Crippen LogP contribution in [-0.4, -0.2) is 22.0 Å². The molecule has 0 saturated heterocycles. The van der Waals surface area contributed by atoms with Gasteiger partial charge in [0.15, 0.2) is 0 Å². The number of rotatable bonds is 3. The number of aromatic nitrogens is 1. The molecule has 2 rings (SSSR count). The van der Waals surface area contributed by atoms with E-state index in [-0.39, 0.29) is 17.8 Å². The standard InChI is InChI=1S/C12H18N4O2/c13-10-4-2-1-3-5-11(10)15-12-7-6-9(8-14-12)16(17)18/h6-8,10-11H,1-5,13H2,(H,14,15). The van der Waals surface area contributed by atoms with Crippen molar-refractivity contribution in [2.45, 2.75) is 44.2 Å². The summed E-state index contributed by atoms with van der Waals surface area (Å²) in [5.41, 5.74) is 6.11. The fourth-order valence-electron chi connectivity index (χ4n) is 2.28. The summed E-state index contributed by atoms with van der Waals surface area (Å²) in [5.74, 6) is 0.656. The molecule has 1 heterocycles. The molecule has 6 nitrogen and oxygen atoms in total. The molecule has 18 heavy (non-hydrogen) atoms. The van der Waals surface area contributed by atoms with Crippen LogP contribution >= 0.6 is 0 Å². The second-order valence-corrected chi connectivity index (χ2v) is 4.71. The molecule has 0 radical (unpaired) electrons. The molecule has 0 aliphatic heterocycles. The van der Waals surface area contributed by atoms with Crippen LogP contribution in [-0.2, 0) is 0 Å². The molecule has 2 atom stereocenters. The van der Waals surface area contributed by atoms with Crippen LogP contribution in [0.2, 0.25) is 0 Å². The average molecular weight is 250 g/mol. The Morgan fingerprint density at radius 3 is 2.78 bits per heavy atom. The molecule has 1 aromatic rings. The van der Waals surface area contributed by atoms with E-state index in [1.54, 1.807) is 6.07 Å². The summed E-state index contributed by atoms with van der Waals surface area (Å²) in [4.78, 5) is 14.1. The van der Waals surface area contributed by atoms with E-state index in [4.69, 9.17) is 5.73 Å². The van der Waals surface area contributed by atoms with Crippen LogP contribution in [0.5, 0.6) is 0 Å². The lowest BCUT2D eigenvalue weighted by atomic mass is 10.0. The van der Waals surface area contributed by atoms with E-state index >= 15 is 0 Å². The minimum absolute atomic E-state index is 0.00529. The molecule has 0 bridgehead atoms. The predicted molar refractivity (Wildman–Crippen MR) is 69.4 cm³/mol. The van der Waals surface area contributed by atoms with E-state index in [2.05, 4.69) is 10.3 Å². The average Bonchev–Trinajstić information content (AvgIpc) is 2.56. The third-order valence-electron chi connectivity index (χ3n) is 3.36. The minimum atomic E-state index is -0.450. The maximum absolute atomic E-state index is 10.5. The van der Waals surface area contributed by atoms with Gasteiger partial charge in [0, 0.05) is 18.2 Å². The highest BCUT2D eigenvalue weighted by molar-refractivity contribution is 5.41. The first-order chi connectivity index (χ1) is 8.66. The maximum atomic E-state index is 10.5. The molecule has 1 aliphatic rings. The molecule has 6 heteroatoms. The smallest absolute Gasteiger partial charge is 0.287 e. The van der Waals surface area contributed by atoms with Gasteiger partial charge in [0.2, 0.25) is 0 Å². The van der Waals surface area contributed by atoms with Crippen LogP contribution in [0.3, 0.4) is 0 Å². The van der Waals surface area contributed by atoms with Crippen LogP contribution in [0.15, 0.2) is 18.3 Å². The molecule has 98 valence electrons. The second kappa shape index (κ2) is 5.77. The second-order valence-electron chi connectivity index (χ2n) is 4.71. The number of nitro groups is 1. The number of anilines is 1. The fraction of sp³-hybridized carbons (Fsp3) is 0.583. The Morgan fingerprint density at radius 2 is 2.11 bits per heavy atom. The molecule has 1 saturated carbocycles. The summed E-state index contributed by atoms with van der Waals surface area (Å²) in [7, 11) is 0. The Balaban J connectivity index is 2.01. The molecule has 1 fully saturated rings. The Morgan fingerprint density at radius 1 is 1.33 bits per heavy atom. The number of pyridine rings is 1. The summed E-state index contributed by atoms with van der Waals surface area (Å²) in [6.07, 6.45) is 6.87. The van der Waals surface area contributed by atoms with E-state index in [0.717, 1.165) is 12.8 Å². The van der Waals surface area contributed by atoms with Crippen LogP contribution in [0, 0.1) is 10.1 Å². The zero-order valence-corrected chi connectivity index (χ0v) is 10.2. The molecule has 0 spiro atoms. The summed E-state index contributed by atoms with van der Waals surface area (Å²) < 4.78 is 0. The zero-order chi connectivity index (χ0) is 13.0. The van der Waals surface area contributed by atoms with Gasteiger partial charge in [-0.25, -0.2) is 4.98 Å². The predicted octanol–water partition coefficient (Wildman–Crippen LogP) is 2.06. The van der Waals surface area contributed by atoms with Crippen molar-refractivity contribution in [3.05, 3.63) is 28.4 Å². The first kappa shape index (κ1) is 12.8. The van der Waals surface area contributed by atoms with Gasteiger partial charge in [-0.3, -0.25) is 10.1 Å². The van der Waals surface area contributed by atoms with E-state index in [1.165, 1.54) is 31.5 Å². The van der Waals surface area contributed by atoms with Gasteiger partial charge in [0.1, 0.15) is 12.0 Å². The van der Waals surface area contributed by atoms with Gasteiger partial charge in [-0.15, -0.1) is 0 Å². The van der Waals surface area contributed by atoms with E-state index in [0.29, 0.717) is 5.82 Å². The van der Waals surface area contributed by atoms with E-state index in [9.17, 15) is 10.1 Å². The summed E-state index contributed by atoms with van der Waals surface area (Å²) >= 11 is 0. The van der Waals surface area contributed by atoms with Gasteiger partial charge < -0.3 is 11.1 Å². The lowest BCUT2D eigenvalue weighted by molar-refractivity contribution is -0.385. The lowest BCUT2D eigenvalue weighted by Gasteiger charge is -2.23. The van der Waals surface area contributed by atoms with Crippen LogP contribution < -0.4 is 11.1 Å². The highest BCUT2D eigenvalue weighted by Gasteiger charge is 2.20. The summed E-state index contributed by atoms with van der Waals surface area (Å²) in [6.45, 7) is 0. The van der Waals surface area contributed by atoms with Gasteiger partial charge in [-0.1, -0.05) is 19.3 Å². The van der Waals surface area contributed by atoms with Gasteiger partial charge in [0.25, 0.3) is 5.69 Å². The SMILES string of the molecule is NC1CCCCCC1Nc1ccc([N+](=O)[O-])cn1. The Hall–Kier alpha value is -1.69. The Kier molecular flexibility index (Phi) is 4.09. The number of nitrogens with one attached hydrogen (secondary N) is 1. The van der Waals surface area contributed by atoms with Gasteiger partial charge in [-0.05, 0) is 18.9 Å². The first-order valence-electron chi connectivity index (χ1n) is 6.29. The van der Waals surface area contributed by atoms with Crippen LogP contribution in [0.1, 0.15) is 32.1 Å². The Labute approximate surface area is 106 Å². The highest BCUT2D eigenvalue weighted by atomic mass is 16.6. The van der Waals surface area contributed by atoms with Crippen molar-refractivity contribution in [3.63, 3.8) is 0 Å². The zero-order valence-electron chi connectivity index (χ0n) is 10.2.